The van der Waals surface area contributed by atoms with E-state index < -0.39 is 0 Å². The van der Waals surface area contributed by atoms with Gasteiger partial charge in [-0.3, -0.25) is 4.68 Å². The number of aromatic nitrogens is 6. The van der Waals surface area contributed by atoms with Crippen LogP contribution in [0.2, 0.25) is 0 Å². The van der Waals surface area contributed by atoms with Gasteiger partial charge in [-0.15, -0.1) is 10.2 Å². The van der Waals surface area contributed by atoms with Crippen LogP contribution >= 0.6 is 11.3 Å². The molecule has 0 radical (unpaired) electrons. The number of pyridine rings is 1. The van der Waals surface area contributed by atoms with Gasteiger partial charge in [0, 0.05) is 60.3 Å². The number of anilines is 4. The predicted molar refractivity (Wildman–Crippen MR) is 230 cm³/mol. The molecular weight excluding hydrogens is 743 g/mol. The van der Waals surface area contributed by atoms with E-state index in [0.717, 1.165) is 113 Å². The van der Waals surface area contributed by atoms with Crippen molar-refractivity contribution in [3.05, 3.63) is 95.4 Å². The number of ether oxygens (including phenoxy) is 1. The molecule has 5 aliphatic rings. The van der Waals surface area contributed by atoms with Crippen LogP contribution in [0.1, 0.15) is 81.2 Å². The monoisotopic (exact) mass is 795 g/mol. The Bertz CT molecular complexity index is 2430. The van der Waals surface area contributed by atoms with E-state index in [2.05, 4.69) is 71.2 Å². The molecule has 2 aromatic carbocycles. The Morgan fingerprint density at radius 3 is 2.48 bits per heavy atom. The summed E-state index contributed by atoms with van der Waals surface area (Å²) in [7, 11) is 0. The lowest BCUT2D eigenvalue weighted by atomic mass is 9.39. The van der Waals surface area contributed by atoms with E-state index in [-0.39, 0.29) is 21.8 Å². The van der Waals surface area contributed by atoms with Crippen molar-refractivity contribution in [3.63, 3.8) is 0 Å². The summed E-state index contributed by atoms with van der Waals surface area (Å²) >= 11 is 1.63. The average molecular weight is 796 g/mol. The molecule has 11 rings (SSSR count). The Kier molecular flexibility index (Phi) is 9.10. The van der Waals surface area contributed by atoms with Crippen molar-refractivity contribution in [2.45, 2.75) is 97.8 Å². The highest BCUT2D eigenvalue weighted by Crippen LogP contribution is 2.72. The summed E-state index contributed by atoms with van der Waals surface area (Å²) in [5.74, 6) is 2.82. The van der Waals surface area contributed by atoms with Crippen LogP contribution in [0, 0.1) is 30.1 Å². The second-order valence-corrected chi connectivity index (χ2v) is 19.6. The van der Waals surface area contributed by atoms with Gasteiger partial charge in [-0.25, -0.2) is 9.97 Å². The lowest BCUT2D eigenvalue weighted by Crippen LogP contribution is -2.64. The fourth-order valence-corrected chi connectivity index (χ4v) is 13.1. The number of thiazole rings is 1. The van der Waals surface area contributed by atoms with E-state index >= 15 is 0 Å². The number of hydrogen-bond acceptors (Lipinski definition) is 11. The maximum absolute atomic E-state index is 9.62. The van der Waals surface area contributed by atoms with Gasteiger partial charge in [-0.1, -0.05) is 49.4 Å². The Balaban J connectivity index is 0.827. The third-order valence-corrected chi connectivity index (χ3v) is 14.4. The molecule has 300 valence electrons. The molecule has 4 saturated carbocycles. The minimum Gasteiger partial charge on any atom is -0.508 e. The van der Waals surface area contributed by atoms with Gasteiger partial charge in [-0.05, 0) is 123 Å². The number of rotatable bonds is 12. The molecule has 0 amide bonds. The maximum Gasteiger partial charge on any atom is 0.189 e. The van der Waals surface area contributed by atoms with Crippen LogP contribution in [0.4, 0.5) is 22.6 Å². The number of para-hydroxylation sites is 1. The number of phenolic OH excluding ortho intramolecular Hbond substituents is 1. The van der Waals surface area contributed by atoms with Crippen LogP contribution in [0.5, 0.6) is 5.75 Å². The standard InChI is InChI=1S/C46H53N9O2S/c1-30-35-8-7-18-54(41(35)53-52-40(30)51-42-50-37-9-5-6-10-38(37)58-42)39-16-13-33(21-48-39)36-22-49-55(31(36)2)29-45-24-43(3)23-44(4,25-45)27-46(26-43,28-45)57-19-17-47-20-32-11-14-34(56)15-12-32/h5-6,9-16,21-22,47,56H,7-8,17-20,23-29H2,1-4H3,(H,50,51,52). The number of nitrogens with one attached hydrogen (secondary N) is 2. The lowest BCUT2D eigenvalue weighted by Gasteiger charge is -2.69. The van der Waals surface area contributed by atoms with Gasteiger partial charge in [0.15, 0.2) is 16.8 Å². The van der Waals surface area contributed by atoms with Crippen LogP contribution in [-0.2, 0) is 24.2 Å². The normalized spacial score (nSPS) is 26.0. The largest absolute Gasteiger partial charge is 0.508 e. The third kappa shape index (κ3) is 6.92. The zero-order valence-electron chi connectivity index (χ0n) is 34.0. The molecule has 4 aliphatic carbocycles. The molecule has 4 aromatic heterocycles. The van der Waals surface area contributed by atoms with E-state index in [0.29, 0.717) is 12.4 Å². The molecular formula is C46H53N9O2S. The van der Waals surface area contributed by atoms with Crippen LogP contribution in [0.15, 0.2) is 73.1 Å². The van der Waals surface area contributed by atoms with Gasteiger partial charge in [0.1, 0.15) is 11.6 Å². The van der Waals surface area contributed by atoms with E-state index in [1.807, 2.05) is 42.7 Å². The fourth-order valence-electron chi connectivity index (χ4n) is 12.2. The Morgan fingerprint density at radius 2 is 1.71 bits per heavy atom. The van der Waals surface area contributed by atoms with Gasteiger partial charge in [0.2, 0.25) is 0 Å². The smallest absolute Gasteiger partial charge is 0.189 e. The first-order valence-corrected chi connectivity index (χ1v) is 21.7. The Hall–Kier alpha value is -4.91. The SMILES string of the molecule is Cc1c(Nc2nc3ccccc3s2)nnc2c1CCCN2c1ccc(-c2cnn(CC34CC5(C)CC(C)(C3)CC(OCCNCc3ccc(O)cc3)(C5)C4)c2C)cn1. The quantitative estimate of drug-likeness (QED) is 0.103. The minimum absolute atomic E-state index is 0.0907. The first-order valence-electron chi connectivity index (χ1n) is 20.9. The van der Waals surface area contributed by atoms with E-state index in [1.54, 1.807) is 23.5 Å². The molecule has 1 aliphatic heterocycles. The molecule has 5 heterocycles. The van der Waals surface area contributed by atoms with E-state index in [1.165, 1.54) is 30.5 Å². The summed E-state index contributed by atoms with van der Waals surface area (Å²) in [6, 6.07) is 19.9. The van der Waals surface area contributed by atoms with Crippen molar-refractivity contribution < 1.29 is 9.84 Å². The molecule has 4 fully saturated rings. The molecule has 3 N–H and O–H groups in total. The molecule has 2 unspecified atom stereocenters. The van der Waals surface area contributed by atoms with Crippen molar-refractivity contribution >= 4 is 44.1 Å². The maximum atomic E-state index is 9.62. The molecule has 0 spiro atoms. The molecule has 12 heteroatoms. The van der Waals surface area contributed by atoms with Crippen LogP contribution in [0.25, 0.3) is 21.3 Å². The van der Waals surface area contributed by atoms with Crippen molar-refractivity contribution in [1.82, 2.24) is 35.3 Å². The van der Waals surface area contributed by atoms with Crippen molar-refractivity contribution in [2.24, 2.45) is 16.2 Å². The molecule has 4 bridgehead atoms. The summed E-state index contributed by atoms with van der Waals surface area (Å²) < 4.78 is 10.4. The number of aromatic hydroxyl groups is 1. The zero-order valence-corrected chi connectivity index (χ0v) is 34.8. The first-order chi connectivity index (χ1) is 28.0. The van der Waals surface area contributed by atoms with Gasteiger partial charge in [0.25, 0.3) is 0 Å². The van der Waals surface area contributed by atoms with Crippen LogP contribution in [-0.4, -0.2) is 60.3 Å². The zero-order chi connectivity index (χ0) is 39.7. The van der Waals surface area contributed by atoms with Crippen molar-refractivity contribution in [2.75, 3.05) is 29.9 Å². The fraction of sp³-hybridized carbons (Fsp3) is 0.457. The summed E-state index contributed by atoms with van der Waals surface area (Å²) in [5.41, 5.74) is 8.46. The summed E-state index contributed by atoms with van der Waals surface area (Å²) in [6.07, 6.45) is 13.1. The summed E-state index contributed by atoms with van der Waals surface area (Å²) in [6.45, 7) is 13.4. The van der Waals surface area contributed by atoms with Gasteiger partial charge in [0.05, 0.1) is 28.6 Å². The van der Waals surface area contributed by atoms with Crippen LogP contribution < -0.4 is 15.5 Å². The second-order valence-electron chi connectivity index (χ2n) is 18.6. The average Bonchev–Trinajstić information content (AvgIpc) is 3.76. The number of nitrogens with zero attached hydrogens (tertiary/aromatic N) is 7. The topological polar surface area (TPSA) is 126 Å². The van der Waals surface area contributed by atoms with Crippen molar-refractivity contribution in [3.8, 4) is 16.9 Å². The van der Waals surface area contributed by atoms with Gasteiger partial charge in [-0.2, -0.15) is 5.10 Å². The highest BCUT2D eigenvalue weighted by Gasteiger charge is 2.66. The molecule has 11 nitrogen and oxygen atoms in total. The third-order valence-electron chi connectivity index (χ3n) is 13.4. The van der Waals surface area contributed by atoms with Crippen LogP contribution in [0.3, 0.4) is 0 Å². The highest BCUT2D eigenvalue weighted by atomic mass is 32.1. The van der Waals surface area contributed by atoms with E-state index in [4.69, 9.17) is 24.9 Å². The molecule has 0 saturated heterocycles. The summed E-state index contributed by atoms with van der Waals surface area (Å²) in [4.78, 5) is 12.0. The Morgan fingerprint density at radius 1 is 0.897 bits per heavy atom. The van der Waals surface area contributed by atoms with Crippen molar-refractivity contribution in [1.29, 1.82) is 0 Å². The molecule has 6 aromatic rings. The Labute approximate surface area is 344 Å². The number of benzene rings is 2. The first kappa shape index (κ1) is 37.4. The summed E-state index contributed by atoms with van der Waals surface area (Å²) in [5, 5.41) is 31.9. The lowest BCUT2D eigenvalue weighted by molar-refractivity contribution is -0.247. The predicted octanol–water partition coefficient (Wildman–Crippen LogP) is 9.42. The number of hydrogen-bond donors (Lipinski definition) is 3. The van der Waals surface area contributed by atoms with Gasteiger partial charge >= 0.3 is 0 Å². The minimum atomic E-state index is -0.0907. The second kappa shape index (κ2) is 14.1. The molecule has 58 heavy (non-hydrogen) atoms. The van der Waals surface area contributed by atoms with Gasteiger partial charge < -0.3 is 25.4 Å². The van der Waals surface area contributed by atoms with E-state index in [9.17, 15) is 5.11 Å². The number of phenols is 1. The molecule has 2 atom stereocenters. The highest BCUT2D eigenvalue weighted by molar-refractivity contribution is 7.22. The number of fused-ring (bicyclic) bond motifs is 2.